The number of aliphatic hydroxyl groups excluding tert-OH is 1. The summed E-state index contributed by atoms with van der Waals surface area (Å²) in [5, 5.41) is 25.0. The number of benzene rings is 2. The van der Waals surface area contributed by atoms with E-state index in [4.69, 9.17) is 17.3 Å². The zero-order chi connectivity index (χ0) is 23.6. The average molecular weight is 465 g/mol. The van der Waals surface area contributed by atoms with E-state index >= 15 is 0 Å². The van der Waals surface area contributed by atoms with Gasteiger partial charge in [0.15, 0.2) is 5.11 Å². The van der Waals surface area contributed by atoms with Gasteiger partial charge in [0.05, 0.1) is 12.8 Å². The molecule has 1 aromatic heterocycles. The fraction of sp³-hybridized carbons (Fsp3) is 0.174. The van der Waals surface area contributed by atoms with E-state index in [2.05, 4.69) is 15.5 Å². The first-order valence-corrected chi connectivity index (χ1v) is 10.6. The van der Waals surface area contributed by atoms with E-state index in [0.717, 1.165) is 16.7 Å². The van der Waals surface area contributed by atoms with Crippen LogP contribution in [0.15, 0.2) is 65.9 Å². The van der Waals surface area contributed by atoms with E-state index in [-0.39, 0.29) is 19.0 Å². The normalized spacial score (nSPS) is 11.2. The Morgan fingerprint density at radius 1 is 1.21 bits per heavy atom. The molecule has 33 heavy (non-hydrogen) atoms. The van der Waals surface area contributed by atoms with Crippen LogP contribution in [0.5, 0.6) is 0 Å². The van der Waals surface area contributed by atoms with E-state index in [1.54, 1.807) is 18.4 Å². The van der Waals surface area contributed by atoms with Crippen LogP contribution in [0, 0.1) is 10.1 Å². The van der Waals surface area contributed by atoms with Crippen molar-refractivity contribution >= 4 is 41.5 Å². The Morgan fingerprint density at radius 3 is 2.58 bits per heavy atom. The number of aliphatic hydroxyl groups is 1. The lowest BCUT2D eigenvalue weighted by atomic mass is 10.1. The molecule has 0 saturated heterocycles. The predicted octanol–water partition coefficient (Wildman–Crippen LogP) is 3.29. The molecule has 0 unspecified atom stereocenters. The van der Waals surface area contributed by atoms with Crippen LogP contribution in [-0.2, 0) is 13.1 Å². The third-order valence-corrected chi connectivity index (χ3v) is 5.12. The smallest absolute Gasteiger partial charge is 0.343 e. The Balaban J connectivity index is 1.56. The van der Waals surface area contributed by atoms with Gasteiger partial charge in [-0.2, -0.15) is 5.10 Å². The summed E-state index contributed by atoms with van der Waals surface area (Å²) in [6, 6.07) is 17.6. The number of thiocarbonyl (C=S) groups is 1. The minimum absolute atomic E-state index is 0.0980. The minimum atomic E-state index is -0.521. The molecule has 0 aliphatic rings. The number of imidazole rings is 1. The Labute approximate surface area is 196 Å². The molecule has 10 heteroatoms. The first-order chi connectivity index (χ1) is 16.0. The van der Waals surface area contributed by atoms with Gasteiger partial charge in [0.2, 0.25) is 5.82 Å². The second-order valence-electron chi connectivity index (χ2n) is 7.12. The lowest BCUT2D eigenvalue weighted by molar-refractivity contribution is -0.392. The first-order valence-electron chi connectivity index (χ1n) is 10.1. The van der Waals surface area contributed by atoms with Crippen molar-refractivity contribution in [2.45, 2.75) is 13.1 Å². The molecule has 0 fully saturated rings. The third kappa shape index (κ3) is 6.79. The second-order valence-corrected chi connectivity index (χ2v) is 7.51. The molecule has 0 saturated carbocycles. The van der Waals surface area contributed by atoms with Gasteiger partial charge in [-0.15, -0.1) is 0 Å². The molecule has 2 N–H and O–H groups in total. The van der Waals surface area contributed by atoms with Gasteiger partial charge in [-0.3, -0.25) is 5.43 Å². The fourth-order valence-electron chi connectivity index (χ4n) is 3.03. The summed E-state index contributed by atoms with van der Waals surface area (Å²) in [4.78, 5) is 16.5. The highest BCUT2D eigenvalue weighted by atomic mass is 32.1. The number of nitrogens with zero attached hydrogens (tertiary/aromatic N) is 5. The highest BCUT2D eigenvalue weighted by Gasteiger charge is 2.17. The molecular weight excluding hydrogens is 440 g/mol. The van der Waals surface area contributed by atoms with Crippen molar-refractivity contribution in [1.29, 1.82) is 0 Å². The minimum Gasteiger partial charge on any atom is -0.392 e. The van der Waals surface area contributed by atoms with Crippen LogP contribution in [0.3, 0.4) is 0 Å². The quantitative estimate of drug-likeness (QED) is 0.216. The predicted molar refractivity (Wildman–Crippen MR) is 133 cm³/mol. The van der Waals surface area contributed by atoms with Crippen LogP contribution >= 0.6 is 12.2 Å². The lowest BCUT2D eigenvalue weighted by Crippen LogP contribution is -2.33. The Bertz CT molecular complexity index is 1140. The SMILES string of the molecule is CN(Cc1ccccc1)C(=S)N/N=C/c1ccc(/C=C/c2ncc([N+](=O)[O-])n2CCO)cc1. The van der Waals surface area contributed by atoms with E-state index in [1.165, 1.54) is 10.8 Å². The fourth-order valence-corrected chi connectivity index (χ4v) is 3.15. The molecule has 0 spiro atoms. The maximum Gasteiger partial charge on any atom is 0.343 e. The molecule has 0 radical (unpaired) electrons. The topological polar surface area (TPSA) is 109 Å². The van der Waals surface area contributed by atoms with Crippen LogP contribution in [0.2, 0.25) is 0 Å². The summed E-state index contributed by atoms with van der Waals surface area (Å²) >= 11 is 5.37. The molecule has 3 rings (SSSR count). The van der Waals surface area contributed by atoms with Gasteiger partial charge in [0.1, 0.15) is 12.7 Å². The van der Waals surface area contributed by atoms with Gasteiger partial charge < -0.3 is 20.1 Å². The number of hydrogen-bond acceptors (Lipinski definition) is 6. The van der Waals surface area contributed by atoms with E-state index in [9.17, 15) is 10.1 Å². The molecular formula is C23H24N6O3S. The molecule has 1 heterocycles. The summed E-state index contributed by atoms with van der Waals surface area (Å²) in [6.45, 7) is 0.565. The Kier molecular flexibility index (Phi) is 8.39. The molecule has 0 amide bonds. The van der Waals surface area contributed by atoms with Crippen molar-refractivity contribution in [3.05, 3.63) is 93.4 Å². The number of nitro groups is 1. The molecule has 0 atom stereocenters. The Morgan fingerprint density at radius 2 is 1.91 bits per heavy atom. The van der Waals surface area contributed by atoms with Gasteiger partial charge in [-0.1, -0.05) is 54.6 Å². The number of hydrazone groups is 1. The molecule has 9 nitrogen and oxygen atoms in total. The zero-order valence-electron chi connectivity index (χ0n) is 18.0. The highest BCUT2D eigenvalue weighted by molar-refractivity contribution is 7.80. The summed E-state index contributed by atoms with van der Waals surface area (Å²) in [5.74, 6) is 0.244. The highest BCUT2D eigenvalue weighted by Crippen LogP contribution is 2.16. The van der Waals surface area contributed by atoms with Gasteiger partial charge in [0, 0.05) is 19.7 Å². The third-order valence-electron chi connectivity index (χ3n) is 4.72. The first kappa shape index (κ1) is 23.8. The standard InChI is InChI=1S/C23H24N6O3S/c1-27(17-20-5-3-2-4-6-20)23(33)26-25-15-19-9-7-18(8-10-19)11-12-21-24-16-22(29(31)32)28(21)13-14-30/h2-12,15-16,30H,13-14,17H2,1H3,(H,26,33)/b12-11+,25-15+. The largest absolute Gasteiger partial charge is 0.392 e. The molecule has 3 aromatic rings. The van der Waals surface area contributed by atoms with Crippen molar-refractivity contribution in [2.24, 2.45) is 5.10 Å². The van der Waals surface area contributed by atoms with Crippen molar-refractivity contribution < 1.29 is 10.0 Å². The summed E-state index contributed by atoms with van der Waals surface area (Å²) < 4.78 is 1.36. The Hall–Kier alpha value is -3.89. The van der Waals surface area contributed by atoms with E-state index < -0.39 is 4.92 Å². The van der Waals surface area contributed by atoms with Crippen molar-refractivity contribution in [3.63, 3.8) is 0 Å². The van der Waals surface area contributed by atoms with E-state index in [1.807, 2.05) is 66.5 Å². The number of rotatable bonds is 9. The van der Waals surface area contributed by atoms with Crippen LogP contribution < -0.4 is 5.43 Å². The molecule has 2 aromatic carbocycles. The summed E-state index contributed by atoms with van der Waals surface area (Å²) in [6.07, 6.45) is 6.33. The van der Waals surface area contributed by atoms with Gasteiger partial charge in [0.25, 0.3) is 0 Å². The average Bonchev–Trinajstić information content (AvgIpc) is 3.22. The number of nitrogens with one attached hydrogen (secondary N) is 1. The molecule has 0 aliphatic heterocycles. The van der Waals surface area contributed by atoms with Crippen LogP contribution in [0.25, 0.3) is 12.2 Å². The number of aromatic nitrogens is 2. The van der Waals surface area contributed by atoms with Crippen molar-refractivity contribution in [2.75, 3.05) is 13.7 Å². The molecule has 170 valence electrons. The second kappa shape index (κ2) is 11.7. The van der Waals surface area contributed by atoms with Gasteiger partial charge in [-0.25, -0.2) is 9.55 Å². The maximum atomic E-state index is 11.1. The molecule has 0 bridgehead atoms. The molecule has 0 aliphatic carbocycles. The van der Waals surface area contributed by atoms with Crippen LogP contribution in [0.4, 0.5) is 5.82 Å². The van der Waals surface area contributed by atoms with Crippen LogP contribution in [0.1, 0.15) is 22.5 Å². The van der Waals surface area contributed by atoms with Gasteiger partial charge in [-0.05, 0) is 39.9 Å². The van der Waals surface area contributed by atoms with Crippen molar-refractivity contribution in [3.8, 4) is 0 Å². The number of hydrogen-bond donors (Lipinski definition) is 2. The lowest BCUT2D eigenvalue weighted by Gasteiger charge is -2.19. The summed E-state index contributed by atoms with van der Waals surface area (Å²) in [7, 11) is 1.90. The monoisotopic (exact) mass is 464 g/mol. The van der Waals surface area contributed by atoms with Crippen LogP contribution in [-0.4, -0.2) is 49.5 Å². The van der Waals surface area contributed by atoms with Crippen molar-refractivity contribution in [1.82, 2.24) is 19.9 Å². The maximum absolute atomic E-state index is 11.1. The summed E-state index contributed by atoms with van der Waals surface area (Å²) in [5.41, 5.74) is 5.79. The zero-order valence-corrected chi connectivity index (χ0v) is 18.9. The van der Waals surface area contributed by atoms with Gasteiger partial charge >= 0.3 is 5.82 Å². The van der Waals surface area contributed by atoms with E-state index in [0.29, 0.717) is 17.5 Å².